The second-order valence-corrected chi connectivity index (χ2v) is 5.68. The molecule has 2 heterocycles. The second kappa shape index (κ2) is 2.94. The number of ether oxygens (including phenoxy) is 1. The van der Waals surface area contributed by atoms with Crippen molar-refractivity contribution in [2.24, 2.45) is 5.41 Å². The number of rotatable bonds is 1. The van der Waals surface area contributed by atoms with Crippen molar-refractivity contribution in [3.63, 3.8) is 0 Å². The Morgan fingerprint density at radius 1 is 1.60 bits per heavy atom. The molecule has 0 unspecified atom stereocenters. The summed E-state index contributed by atoms with van der Waals surface area (Å²) >= 11 is 0. The summed E-state index contributed by atoms with van der Waals surface area (Å²) in [5.41, 5.74) is -0.129. The van der Waals surface area contributed by atoms with Crippen LogP contribution in [0.1, 0.15) is 13.8 Å². The molecular weight excluding hydrogens is 223 g/mol. The van der Waals surface area contributed by atoms with E-state index in [9.17, 15) is 12.3 Å². The Bertz CT molecular complexity index is 492. The molecule has 0 saturated heterocycles. The molecule has 1 aliphatic heterocycles. The fraction of sp³-hybridized carbons (Fsp3) is 0.625. The standard InChI is InChI=1S/C8H11FN2O3S/c1-8(2)4-11-7(14-5-8)6(3-10-11)15(9,12)13/h3H,4-5H2,1-2H3. The first kappa shape index (κ1) is 10.4. The van der Waals surface area contributed by atoms with Gasteiger partial charge in [0, 0.05) is 5.41 Å². The summed E-state index contributed by atoms with van der Waals surface area (Å²) in [5, 5.41) is 3.79. The van der Waals surface area contributed by atoms with Crippen LogP contribution in [-0.4, -0.2) is 24.8 Å². The molecule has 1 aromatic heterocycles. The minimum absolute atomic E-state index is 0.00294. The maximum absolute atomic E-state index is 12.8. The molecule has 2 rings (SSSR count). The highest BCUT2D eigenvalue weighted by Gasteiger charge is 2.32. The third-order valence-corrected chi connectivity index (χ3v) is 3.01. The summed E-state index contributed by atoms with van der Waals surface area (Å²) in [5.74, 6) is -0.00294. The van der Waals surface area contributed by atoms with E-state index in [1.165, 1.54) is 4.68 Å². The van der Waals surface area contributed by atoms with E-state index in [2.05, 4.69) is 5.10 Å². The second-order valence-electron chi connectivity index (χ2n) is 4.36. The Hall–Kier alpha value is -1.11. The lowest BCUT2D eigenvalue weighted by atomic mass is 9.94. The van der Waals surface area contributed by atoms with Crippen molar-refractivity contribution in [1.29, 1.82) is 0 Å². The summed E-state index contributed by atoms with van der Waals surface area (Å²) in [4.78, 5) is -0.488. The van der Waals surface area contributed by atoms with Gasteiger partial charge < -0.3 is 4.74 Å². The Labute approximate surface area is 87.1 Å². The lowest BCUT2D eigenvalue weighted by molar-refractivity contribution is 0.0970. The molecule has 0 fully saturated rings. The van der Waals surface area contributed by atoms with Gasteiger partial charge >= 0.3 is 10.2 Å². The van der Waals surface area contributed by atoms with Crippen LogP contribution in [0.2, 0.25) is 0 Å². The monoisotopic (exact) mass is 234 g/mol. The van der Waals surface area contributed by atoms with Crippen LogP contribution < -0.4 is 4.74 Å². The summed E-state index contributed by atoms with van der Waals surface area (Å²) in [7, 11) is -4.75. The molecule has 0 atom stereocenters. The van der Waals surface area contributed by atoms with E-state index in [0.717, 1.165) is 6.20 Å². The summed E-state index contributed by atoms with van der Waals surface area (Å²) in [6.45, 7) is 4.78. The van der Waals surface area contributed by atoms with Gasteiger partial charge in [0.25, 0.3) is 0 Å². The molecule has 15 heavy (non-hydrogen) atoms. The molecule has 0 aromatic carbocycles. The lowest BCUT2D eigenvalue weighted by Gasteiger charge is -2.30. The zero-order chi connectivity index (χ0) is 11.3. The van der Waals surface area contributed by atoms with E-state index in [1.807, 2.05) is 13.8 Å². The Morgan fingerprint density at radius 3 is 2.87 bits per heavy atom. The molecule has 0 saturated carbocycles. The van der Waals surface area contributed by atoms with Crippen LogP contribution in [0.15, 0.2) is 11.1 Å². The highest BCUT2D eigenvalue weighted by Crippen LogP contribution is 2.33. The topological polar surface area (TPSA) is 61.2 Å². The highest BCUT2D eigenvalue weighted by atomic mass is 32.3. The predicted molar refractivity (Wildman–Crippen MR) is 49.8 cm³/mol. The van der Waals surface area contributed by atoms with Crippen molar-refractivity contribution >= 4 is 10.2 Å². The first-order chi connectivity index (χ1) is 6.80. The van der Waals surface area contributed by atoms with E-state index in [1.54, 1.807) is 0 Å². The Kier molecular flexibility index (Phi) is 2.04. The van der Waals surface area contributed by atoms with Crippen LogP contribution in [0.4, 0.5) is 3.89 Å². The quantitative estimate of drug-likeness (QED) is 0.679. The van der Waals surface area contributed by atoms with Gasteiger partial charge in [-0.15, -0.1) is 3.89 Å². The molecule has 7 heteroatoms. The molecule has 0 N–H and O–H groups in total. The minimum Gasteiger partial charge on any atom is -0.476 e. The molecule has 0 aliphatic carbocycles. The highest BCUT2D eigenvalue weighted by molar-refractivity contribution is 7.86. The number of fused-ring (bicyclic) bond motifs is 1. The van der Waals surface area contributed by atoms with Gasteiger partial charge in [-0.3, -0.25) is 0 Å². The molecule has 1 aromatic rings. The van der Waals surface area contributed by atoms with Gasteiger partial charge in [0.1, 0.15) is 0 Å². The zero-order valence-electron chi connectivity index (χ0n) is 8.40. The molecule has 84 valence electrons. The Balaban J connectivity index is 2.48. The van der Waals surface area contributed by atoms with Crippen LogP contribution in [0.3, 0.4) is 0 Å². The van der Waals surface area contributed by atoms with Crippen LogP contribution in [0.5, 0.6) is 5.88 Å². The maximum Gasteiger partial charge on any atom is 0.339 e. The van der Waals surface area contributed by atoms with Crippen LogP contribution >= 0.6 is 0 Å². The van der Waals surface area contributed by atoms with Crippen molar-refractivity contribution < 1.29 is 17.0 Å². The van der Waals surface area contributed by atoms with Crippen molar-refractivity contribution in [3.8, 4) is 5.88 Å². The number of hydrogen-bond donors (Lipinski definition) is 0. The first-order valence-corrected chi connectivity index (χ1v) is 5.81. The molecule has 0 bridgehead atoms. The number of hydrogen-bond acceptors (Lipinski definition) is 4. The van der Waals surface area contributed by atoms with Gasteiger partial charge in [-0.2, -0.15) is 13.5 Å². The van der Waals surface area contributed by atoms with Gasteiger partial charge in [0.2, 0.25) is 5.88 Å². The summed E-state index contributed by atoms with van der Waals surface area (Å²) < 4.78 is 40.8. The van der Waals surface area contributed by atoms with E-state index < -0.39 is 15.1 Å². The van der Waals surface area contributed by atoms with Gasteiger partial charge in [-0.25, -0.2) is 4.68 Å². The smallest absolute Gasteiger partial charge is 0.339 e. The molecule has 0 spiro atoms. The predicted octanol–water partition coefficient (Wildman–Crippen LogP) is 0.960. The van der Waals surface area contributed by atoms with E-state index in [0.29, 0.717) is 13.2 Å². The van der Waals surface area contributed by atoms with E-state index in [-0.39, 0.29) is 11.3 Å². The fourth-order valence-corrected chi connectivity index (χ4v) is 2.04. The van der Waals surface area contributed by atoms with Crippen LogP contribution in [-0.2, 0) is 16.8 Å². The number of aromatic nitrogens is 2. The number of halogens is 1. The third-order valence-electron chi connectivity index (χ3n) is 2.20. The van der Waals surface area contributed by atoms with E-state index >= 15 is 0 Å². The average molecular weight is 234 g/mol. The van der Waals surface area contributed by atoms with Gasteiger partial charge in [0.05, 0.1) is 19.3 Å². The Morgan fingerprint density at radius 2 is 2.27 bits per heavy atom. The van der Waals surface area contributed by atoms with E-state index in [4.69, 9.17) is 4.74 Å². The van der Waals surface area contributed by atoms with Crippen LogP contribution in [0, 0.1) is 5.41 Å². The maximum atomic E-state index is 12.8. The zero-order valence-corrected chi connectivity index (χ0v) is 9.21. The minimum atomic E-state index is -4.75. The van der Waals surface area contributed by atoms with Crippen molar-refractivity contribution in [2.45, 2.75) is 25.3 Å². The molecule has 1 aliphatic rings. The molecule has 0 amide bonds. The third kappa shape index (κ3) is 1.83. The largest absolute Gasteiger partial charge is 0.476 e. The lowest BCUT2D eigenvalue weighted by Crippen LogP contribution is -2.33. The molecule has 5 nitrogen and oxygen atoms in total. The average Bonchev–Trinajstić information content (AvgIpc) is 2.43. The summed E-state index contributed by atoms with van der Waals surface area (Å²) in [6.07, 6.45) is 0.978. The SMILES string of the molecule is CC1(C)COc2c(S(=O)(=O)F)cnn2C1. The first-order valence-electron chi connectivity index (χ1n) is 4.43. The van der Waals surface area contributed by atoms with Gasteiger partial charge in [0.15, 0.2) is 4.90 Å². The van der Waals surface area contributed by atoms with Gasteiger partial charge in [-0.05, 0) is 0 Å². The fourth-order valence-electron chi connectivity index (χ4n) is 1.50. The van der Waals surface area contributed by atoms with Crippen molar-refractivity contribution in [1.82, 2.24) is 9.78 Å². The summed E-state index contributed by atoms with van der Waals surface area (Å²) in [6, 6.07) is 0. The normalized spacial score (nSPS) is 19.4. The van der Waals surface area contributed by atoms with Crippen LogP contribution in [0.25, 0.3) is 0 Å². The van der Waals surface area contributed by atoms with Crippen molar-refractivity contribution in [3.05, 3.63) is 6.20 Å². The molecular formula is C8H11FN2O3S. The number of nitrogens with zero attached hydrogens (tertiary/aromatic N) is 2. The molecule has 0 radical (unpaired) electrons. The van der Waals surface area contributed by atoms with Crippen molar-refractivity contribution in [2.75, 3.05) is 6.61 Å². The van der Waals surface area contributed by atoms with Gasteiger partial charge in [-0.1, -0.05) is 13.8 Å².